The van der Waals surface area contributed by atoms with Gasteiger partial charge in [0.1, 0.15) is 6.04 Å². The van der Waals surface area contributed by atoms with E-state index < -0.39 is 11.9 Å². The maximum atomic E-state index is 11.4. The van der Waals surface area contributed by atoms with Crippen LogP contribution in [0.25, 0.3) is 0 Å². The smallest absolute Gasteiger partial charge is 0.252 e. The predicted molar refractivity (Wildman–Crippen MR) is 59.4 cm³/mol. The Morgan fingerprint density at radius 1 is 1.41 bits per heavy atom. The third kappa shape index (κ3) is 4.37. The zero-order valence-electron chi connectivity index (χ0n) is 9.66. The molecule has 0 aromatic heterocycles. The van der Waals surface area contributed by atoms with Crippen molar-refractivity contribution >= 4 is 17.7 Å². The van der Waals surface area contributed by atoms with Crippen molar-refractivity contribution in [3.8, 4) is 0 Å². The fourth-order valence-electron chi connectivity index (χ4n) is 1.60. The van der Waals surface area contributed by atoms with E-state index in [1.54, 1.807) is 4.90 Å². The normalized spacial score (nSPS) is 20.6. The Hall–Kier alpha value is -1.67. The summed E-state index contributed by atoms with van der Waals surface area (Å²) in [6.45, 7) is 2.99. The highest BCUT2D eigenvalue weighted by Crippen LogP contribution is 2.01. The first-order chi connectivity index (χ1) is 8.00. The molecule has 8 heteroatoms. The molecule has 17 heavy (non-hydrogen) atoms. The van der Waals surface area contributed by atoms with Crippen molar-refractivity contribution in [3.05, 3.63) is 0 Å². The largest absolute Gasteiger partial charge is 0.368 e. The van der Waals surface area contributed by atoms with E-state index in [1.165, 1.54) is 6.92 Å². The number of nitrogens with one attached hydrogen (secondary N) is 3. The van der Waals surface area contributed by atoms with Crippen LogP contribution in [0.15, 0.2) is 0 Å². The molecule has 1 unspecified atom stereocenters. The molecular formula is C9H17N5O3. The topological polar surface area (TPSA) is 117 Å². The number of hydrazine groups is 1. The third-order valence-corrected chi connectivity index (χ3v) is 2.41. The molecule has 1 fully saturated rings. The van der Waals surface area contributed by atoms with Gasteiger partial charge in [-0.2, -0.15) is 0 Å². The Morgan fingerprint density at radius 3 is 2.71 bits per heavy atom. The van der Waals surface area contributed by atoms with Crippen LogP contribution < -0.4 is 21.9 Å². The zero-order valence-corrected chi connectivity index (χ0v) is 9.66. The molecule has 1 heterocycles. The van der Waals surface area contributed by atoms with Gasteiger partial charge in [-0.15, -0.1) is 0 Å². The van der Waals surface area contributed by atoms with Crippen molar-refractivity contribution in [1.82, 2.24) is 21.1 Å². The lowest BCUT2D eigenvalue weighted by atomic mass is 10.2. The first-order valence-electron chi connectivity index (χ1n) is 5.30. The van der Waals surface area contributed by atoms with Gasteiger partial charge in [0.2, 0.25) is 11.8 Å². The van der Waals surface area contributed by atoms with Crippen LogP contribution in [0.1, 0.15) is 6.92 Å². The summed E-state index contributed by atoms with van der Waals surface area (Å²) in [6.07, 6.45) is 0. The number of rotatable bonds is 3. The molecule has 0 radical (unpaired) electrons. The molecule has 1 aliphatic heterocycles. The Kier molecular flexibility index (Phi) is 4.85. The van der Waals surface area contributed by atoms with Crippen molar-refractivity contribution in [2.45, 2.75) is 13.0 Å². The van der Waals surface area contributed by atoms with E-state index in [4.69, 9.17) is 5.73 Å². The first-order valence-corrected chi connectivity index (χ1v) is 5.30. The molecule has 1 atom stereocenters. The number of carbonyl (C=O) groups excluding carboxylic acids is 3. The second-order valence-electron chi connectivity index (χ2n) is 3.82. The van der Waals surface area contributed by atoms with Gasteiger partial charge in [-0.25, -0.2) is 0 Å². The highest BCUT2D eigenvalue weighted by molar-refractivity contribution is 5.84. The lowest BCUT2D eigenvalue weighted by Crippen LogP contribution is -2.59. The number of nitrogens with two attached hydrogens (primary N) is 1. The van der Waals surface area contributed by atoms with Crippen LogP contribution >= 0.6 is 0 Å². The monoisotopic (exact) mass is 243 g/mol. The van der Waals surface area contributed by atoms with Crippen LogP contribution in [0, 0.1) is 0 Å². The molecule has 0 saturated carbocycles. The zero-order chi connectivity index (χ0) is 12.8. The molecule has 96 valence electrons. The van der Waals surface area contributed by atoms with Crippen LogP contribution in [0.2, 0.25) is 0 Å². The summed E-state index contributed by atoms with van der Waals surface area (Å²) < 4.78 is 0. The van der Waals surface area contributed by atoms with Crippen LogP contribution in [0.5, 0.6) is 0 Å². The average Bonchev–Trinajstić information content (AvgIpc) is 2.27. The summed E-state index contributed by atoms with van der Waals surface area (Å²) >= 11 is 0. The third-order valence-electron chi connectivity index (χ3n) is 2.41. The maximum Gasteiger partial charge on any atom is 0.252 e. The van der Waals surface area contributed by atoms with Crippen molar-refractivity contribution in [2.75, 3.05) is 26.2 Å². The molecule has 0 bridgehead atoms. The van der Waals surface area contributed by atoms with E-state index in [1.807, 2.05) is 0 Å². The SMILES string of the molecule is CC(=O)NNC(=O)CN1CCNCC1C(N)=O. The summed E-state index contributed by atoms with van der Waals surface area (Å²) in [5.41, 5.74) is 9.65. The molecule has 0 aromatic rings. The summed E-state index contributed by atoms with van der Waals surface area (Å²) in [5, 5.41) is 3.03. The Labute approximate surface area is 98.9 Å². The van der Waals surface area contributed by atoms with Crippen molar-refractivity contribution in [1.29, 1.82) is 0 Å². The van der Waals surface area contributed by atoms with Gasteiger partial charge in [-0.1, -0.05) is 0 Å². The number of nitrogens with zero attached hydrogens (tertiary/aromatic N) is 1. The molecule has 3 amide bonds. The van der Waals surface area contributed by atoms with Crippen LogP contribution in [0.4, 0.5) is 0 Å². The first kappa shape index (κ1) is 13.4. The summed E-state index contributed by atoms with van der Waals surface area (Å²) in [6, 6.07) is -0.494. The molecule has 1 saturated heterocycles. The molecule has 5 N–H and O–H groups in total. The fraction of sp³-hybridized carbons (Fsp3) is 0.667. The van der Waals surface area contributed by atoms with Gasteiger partial charge in [0.15, 0.2) is 0 Å². The summed E-state index contributed by atoms with van der Waals surface area (Å²) in [4.78, 5) is 34.9. The van der Waals surface area contributed by atoms with Crippen molar-refractivity contribution in [2.24, 2.45) is 5.73 Å². The molecular weight excluding hydrogens is 226 g/mol. The standard InChI is InChI=1S/C9H17N5O3/c1-6(15)12-13-8(16)5-14-3-2-11-4-7(14)9(10)17/h7,11H,2-5H2,1H3,(H2,10,17)(H,12,15)(H,13,16). The van der Waals surface area contributed by atoms with E-state index in [2.05, 4.69) is 16.2 Å². The fourth-order valence-corrected chi connectivity index (χ4v) is 1.60. The minimum absolute atomic E-state index is 0.0234. The quantitative estimate of drug-likeness (QED) is 0.392. The van der Waals surface area contributed by atoms with Gasteiger partial charge in [0.05, 0.1) is 6.54 Å². The van der Waals surface area contributed by atoms with E-state index >= 15 is 0 Å². The number of amides is 3. The summed E-state index contributed by atoms with van der Waals surface area (Å²) in [7, 11) is 0. The summed E-state index contributed by atoms with van der Waals surface area (Å²) in [5.74, 6) is -1.21. The van der Waals surface area contributed by atoms with Gasteiger partial charge in [-0.3, -0.25) is 30.1 Å². The van der Waals surface area contributed by atoms with Gasteiger partial charge >= 0.3 is 0 Å². The van der Waals surface area contributed by atoms with Crippen LogP contribution in [-0.4, -0.2) is 54.8 Å². The maximum absolute atomic E-state index is 11.4. The van der Waals surface area contributed by atoms with E-state index in [0.717, 1.165) is 0 Å². The van der Waals surface area contributed by atoms with Crippen LogP contribution in [0.3, 0.4) is 0 Å². The van der Waals surface area contributed by atoms with E-state index in [-0.39, 0.29) is 18.4 Å². The molecule has 0 aliphatic carbocycles. The Bertz CT molecular complexity index is 320. The Balaban J connectivity index is 2.44. The highest BCUT2D eigenvalue weighted by atomic mass is 16.2. The molecule has 0 aromatic carbocycles. The lowest BCUT2D eigenvalue weighted by molar-refractivity contribution is -0.131. The van der Waals surface area contributed by atoms with Crippen molar-refractivity contribution in [3.63, 3.8) is 0 Å². The van der Waals surface area contributed by atoms with Gasteiger partial charge in [0, 0.05) is 26.6 Å². The van der Waals surface area contributed by atoms with E-state index in [9.17, 15) is 14.4 Å². The number of carbonyl (C=O) groups is 3. The predicted octanol–water partition coefficient (Wildman–Crippen LogP) is -3.09. The molecule has 8 nitrogen and oxygen atoms in total. The van der Waals surface area contributed by atoms with Gasteiger partial charge in [-0.05, 0) is 0 Å². The van der Waals surface area contributed by atoms with Gasteiger partial charge < -0.3 is 11.1 Å². The lowest BCUT2D eigenvalue weighted by Gasteiger charge is -2.33. The Morgan fingerprint density at radius 2 is 2.12 bits per heavy atom. The van der Waals surface area contributed by atoms with Gasteiger partial charge in [0.25, 0.3) is 5.91 Å². The minimum atomic E-state index is -0.494. The number of piperazine rings is 1. The average molecular weight is 243 g/mol. The number of primary amides is 1. The molecule has 1 aliphatic rings. The molecule has 1 rings (SSSR count). The minimum Gasteiger partial charge on any atom is -0.368 e. The second kappa shape index (κ2) is 6.16. The highest BCUT2D eigenvalue weighted by Gasteiger charge is 2.28. The van der Waals surface area contributed by atoms with Crippen LogP contribution in [-0.2, 0) is 14.4 Å². The number of hydrogen-bond donors (Lipinski definition) is 4. The second-order valence-corrected chi connectivity index (χ2v) is 3.82. The number of hydrogen-bond acceptors (Lipinski definition) is 5. The molecule has 0 spiro atoms. The van der Waals surface area contributed by atoms with Crippen molar-refractivity contribution < 1.29 is 14.4 Å². The van der Waals surface area contributed by atoms with E-state index in [0.29, 0.717) is 19.6 Å².